The van der Waals surface area contributed by atoms with Crippen LogP contribution in [-0.2, 0) is 28.7 Å². The zero-order valence-electron chi connectivity index (χ0n) is 14.7. The van der Waals surface area contributed by atoms with E-state index in [0.29, 0.717) is 33.4 Å². The third-order valence-electron chi connectivity index (χ3n) is 4.39. The molecule has 3 aromatic heterocycles. The molecule has 12 heteroatoms. The van der Waals surface area contributed by atoms with Crippen LogP contribution in [0.3, 0.4) is 0 Å². The first-order valence-corrected chi connectivity index (χ1v) is 10.9. The van der Waals surface area contributed by atoms with Gasteiger partial charge in [-0.15, -0.1) is 11.3 Å². The van der Waals surface area contributed by atoms with Gasteiger partial charge in [-0.25, -0.2) is 13.8 Å². The molecule has 4 rings (SSSR count). The number of hydrogen-bond donors (Lipinski definition) is 1. The van der Waals surface area contributed by atoms with Crippen molar-refractivity contribution in [2.45, 2.75) is 25.9 Å². The Balaban J connectivity index is 1.65. The normalized spacial score (nSPS) is 15.5. The summed E-state index contributed by atoms with van der Waals surface area (Å²) in [5.74, 6) is 0. The predicted octanol–water partition coefficient (Wildman–Crippen LogP) is 3.19. The van der Waals surface area contributed by atoms with Gasteiger partial charge in [0.1, 0.15) is 17.1 Å². The smallest absolute Gasteiger partial charge is 0.288 e. The summed E-state index contributed by atoms with van der Waals surface area (Å²) in [6.07, 6.45) is -0.552. The summed E-state index contributed by atoms with van der Waals surface area (Å²) in [6.45, 7) is 1.59. The molecule has 0 bridgehead atoms. The third-order valence-corrected chi connectivity index (χ3v) is 7.54. The molecule has 0 aliphatic heterocycles. The standard InChI is InChI=1S/C16H14F3N5O2S2/c1-8(9-3-6-12(20-7-9)16(17,18)19)28(2,25)24-15-21-14-11(27-15)5-4-10-13(14)23-26-22-10/h3,6-7H,4-5H2,1-2H3,(H,21,24,25). The number of fused-ring (bicyclic) bond motifs is 3. The minimum absolute atomic E-state index is 0.359. The minimum atomic E-state index is -4.52. The number of thiazole rings is 1. The molecule has 0 fully saturated rings. The van der Waals surface area contributed by atoms with E-state index in [2.05, 4.69) is 25.0 Å². The lowest BCUT2D eigenvalue weighted by Crippen LogP contribution is -2.20. The molecule has 0 radical (unpaired) electrons. The number of aromatic nitrogens is 4. The van der Waals surface area contributed by atoms with Crippen molar-refractivity contribution in [1.29, 1.82) is 0 Å². The fourth-order valence-corrected chi connectivity index (χ4v) is 5.33. The Morgan fingerprint density at radius 3 is 2.71 bits per heavy atom. The number of rotatable bonds is 3. The zero-order valence-corrected chi connectivity index (χ0v) is 16.3. The average molecular weight is 429 g/mol. The molecule has 0 saturated heterocycles. The Morgan fingerprint density at radius 2 is 2.04 bits per heavy atom. The Bertz CT molecular complexity index is 1160. The van der Waals surface area contributed by atoms with E-state index in [-0.39, 0.29) is 0 Å². The molecule has 148 valence electrons. The van der Waals surface area contributed by atoms with E-state index >= 15 is 0 Å². The van der Waals surface area contributed by atoms with Crippen molar-refractivity contribution in [2.75, 3.05) is 11.0 Å². The number of alkyl halides is 3. The summed E-state index contributed by atoms with van der Waals surface area (Å²) in [5, 5.41) is 8.15. The van der Waals surface area contributed by atoms with E-state index in [1.165, 1.54) is 23.7 Å². The Hall–Kier alpha value is -2.47. The summed E-state index contributed by atoms with van der Waals surface area (Å²) in [6, 6.07) is 2.13. The molecule has 7 nitrogen and oxygen atoms in total. The van der Waals surface area contributed by atoms with Crippen molar-refractivity contribution < 1.29 is 22.0 Å². The van der Waals surface area contributed by atoms with Gasteiger partial charge >= 0.3 is 6.18 Å². The maximum Gasteiger partial charge on any atom is 0.433 e. The van der Waals surface area contributed by atoms with Gasteiger partial charge in [-0.3, -0.25) is 9.71 Å². The van der Waals surface area contributed by atoms with Crippen LogP contribution in [0.5, 0.6) is 0 Å². The first kappa shape index (κ1) is 18.9. The van der Waals surface area contributed by atoms with Crippen LogP contribution in [0, 0.1) is 0 Å². The van der Waals surface area contributed by atoms with Crippen molar-refractivity contribution in [2.24, 2.45) is 0 Å². The van der Waals surface area contributed by atoms with Crippen LogP contribution in [-0.4, -0.2) is 35.6 Å². The molecule has 1 atom stereocenters. The minimum Gasteiger partial charge on any atom is -0.288 e. The van der Waals surface area contributed by atoms with E-state index in [1.54, 1.807) is 6.92 Å². The first-order chi connectivity index (χ1) is 13.1. The number of anilines is 1. The predicted molar refractivity (Wildman–Crippen MR) is 99.5 cm³/mol. The van der Waals surface area contributed by atoms with Gasteiger partial charge in [0.2, 0.25) is 0 Å². The molecule has 28 heavy (non-hydrogen) atoms. The van der Waals surface area contributed by atoms with Crippen LogP contribution in [0.1, 0.15) is 28.8 Å². The zero-order chi connectivity index (χ0) is 20.1. The van der Waals surface area contributed by atoms with Crippen LogP contribution in [0.4, 0.5) is 18.3 Å². The number of nitrogens with zero attached hydrogens (tertiary/aromatic N) is 4. The molecule has 1 aliphatic carbocycles. The topological polar surface area (TPSA) is 93.8 Å². The number of halogens is 3. The van der Waals surface area contributed by atoms with Crippen molar-refractivity contribution >= 4 is 31.0 Å². The van der Waals surface area contributed by atoms with Gasteiger partial charge in [0.25, 0.3) is 0 Å². The van der Waals surface area contributed by atoms with E-state index in [9.17, 15) is 17.4 Å². The molecule has 3 aromatic rings. The van der Waals surface area contributed by atoms with Gasteiger partial charge in [-0.05, 0) is 24.6 Å². The summed E-state index contributed by atoms with van der Waals surface area (Å²) in [4.78, 5) is 9.25. The lowest BCUT2D eigenvalue weighted by Gasteiger charge is -2.12. The fraction of sp³-hybridized carbons (Fsp3) is 0.312. The third kappa shape index (κ3) is 3.37. The molecular formula is C16H14F3N5O2S2. The quantitative estimate of drug-likeness (QED) is 0.508. The van der Waals surface area contributed by atoms with Gasteiger partial charge in [-0.2, -0.15) is 13.2 Å². The van der Waals surface area contributed by atoms with Crippen LogP contribution < -0.4 is 4.72 Å². The molecule has 1 N–H and O–H groups in total. The number of aryl methyl sites for hydroxylation is 2. The molecule has 0 amide bonds. The lowest BCUT2D eigenvalue weighted by atomic mass is 10.0. The fourth-order valence-electron chi connectivity index (χ4n) is 2.77. The highest BCUT2D eigenvalue weighted by atomic mass is 32.2. The van der Waals surface area contributed by atoms with Crippen molar-refractivity contribution in [1.82, 2.24) is 20.3 Å². The highest BCUT2D eigenvalue weighted by molar-refractivity contribution is 8.03. The molecule has 0 saturated carbocycles. The Labute approximate surface area is 162 Å². The van der Waals surface area contributed by atoms with Gasteiger partial charge < -0.3 is 0 Å². The number of hydrogen-bond acceptors (Lipinski definition) is 7. The van der Waals surface area contributed by atoms with Crippen molar-refractivity contribution in [3.63, 3.8) is 0 Å². The molecule has 1 unspecified atom stereocenters. The molecular weight excluding hydrogens is 415 g/mol. The lowest BCUT2D eigenvalue weighted by molar-refractivity contribution is -0.141. The van der Waals surface area contributed by atoms with Crippen molar-refractivity contribution in [3.8, 4) is 11.4 Å². The highest BCUT2D eigenvalue weighted by Gasteiger charge is 2.32. The summed E-state index contributed by atoms with van der Waals surface area (Å²) in [5.41, 5.74) is 1.33. The van der Waals surface area contributed by atoms with Crippen LogP contribution in [0.25, 0.3) is 11.4 Å². The molecule has 3 heterocycles. The van der Waals surface area contributed by atoms with E-state index < -0.39 is 21.6 Å². The summed E-state index contributed by atoms with van der Waals surface area (Å²) >= 11 is 1.36. The molecule has 1 aliphatic rings. The second-order valence-corrected chi connectivity index (χ2v) is 9.87. The van der Waals surface area contributed by atoms with Gasteiger partial charge in [0, 0.05) is 34.2 Å². The Morgan fingerprint density at radius 1 is 1.25 bits per heavy atom. The average Bonchev–Trinajstić information content (AvgIpc) is 3.25. The van der Waals surface area contributed by atoms with Crippen LogP contribution in [0.2, 0.25) is 0 Å². The van der Waals surface area contributed by atoms with Crippen molar-refractivity contribution in [3.05, 3.63) is 40.2 Å². The monoisotopic (exact) mass is 429 g/mol. The second-order valence-electron chi connectivity index (χ2n) is 6.28. The molecule has 0 aromatic carbocycles. The van der Waals surface area contributed by atoms with Gasteiger partial charge in [0.05, 0.1) is 9.71 Å². The largest absolute Gasteiger partial charge is 0.433 e. The van der Waals surface area contributed by atoms with E-state index in [0.717, 1.165) is 29.3 Å². The second kappa shape index (κ2) is 6.55. The van der Waals surface area contributed by atoms with Gasteiger partial charge in [-0.1, -0.05) is 11.2 Å². The van der Waals surface area contributed by atoms with Crippen LogP contribution >= 0.6 is 11.3 Å². The SMILES string of the molecule is CC(c1ccc(C(F)(F)F)nc1)=S(C)(=O)Nc1nc2c(s1)CCc1nonc1-2. The summed E-state index contributed by atoms with van der Waals surface area (Å²) < 4.78 is 58.9. The van der Waals surface area contributed by atoms with E-state index in [4.69, 9.17) is 4.63 Å². The maximum absolute atomic E-state index is 13.2. The summed E-state index contributed by atoms with van der Waals surface area (Å²) in [7, 11) is -2.79. The van der Waals surface area contributed by atoms with Gasteiger partial charge in [0.15, 0.2) is 10.8 Å². The van der Waals surface area contributed by atoms with E-state index in [1.807, 2.05) is 0 Å². The number of pyridine rings is 1. The molecule has 0 spiro atoms. The highest BCUT2D eigenvalue weighted by Crippen LogP contribution is 2.36. The maximum atomic E-state index is 13.2. The van der Waals surface area contributed by atoms with Crippen LogP contribution in [0.15, 0.2) is 23.0 Å². The first-order valence-electron chi connectivity index (χ1n) is 8.11. The Kier molecular flexibility index (Phi) is 4.42. The number of nitrogens with one attached hydrogen (secondary N) is 1.